The number of likely N-dealkylation sites (tertiary alicyclic amines) is 1. The van der Waals surface area contributed by atoms with Gasteiger partial charge < -0.3 is 20.1 Å². The van der Waals surface area contributed by atoms with Crippen LogP contribution in [0.2, 0.25) is 0 Å². The van der Waals surface area contributed by atoms with E-state index in [1.165, 1.54) is 6.08 Å². The number of nitrogens with one attached hydrogen (secondary N) is 2. The number of carboxylic acid groups (broad SMARTS) is 1. The third-order valence-corrected chi connectivity index (χ3v) is 6.21. The molecular weight excluding hydrogens is 458 g/mol. The van der Waals surface area contributed by atoms with E-state index in [2.05, 4.69) is 29.2 Å². The zero-order valence-electron chi connectivity index (χ0n) is 20.7. The summed E-state index contributed by atoms with van der Waals surface area (Å²) in [4.78, 5) is 38.5. The van der Waals surface area contributed by atoms with Crippen LogP contribution in [0.1, 0.15) is 49.7 Å². The van der Waals surface area contributed by atoms with Gasteiger partial charge in [-0.2, -0.15) is 0 Å². The van der Waals surface area contributed by atoms with E-state index in [0.717, 1.165) is 36.9 Å². The topological polar surface area (TPSA) is 108 Å². The molecular formula is C28H33N3O5. The standard InChI is InChI=1S/C28H33N3O5/c1-19(2)36-28(35)30-25-9-5-4-8-24(25)29-26(32)17-12-20-10-13-21(14-11-20)23(27(33)34)16-15-22-7-6-18-31(22)3/h4-5,8-14,17,22-23H,1,6-7,15-16,18H2,2-3H3,(H,29,32)(H,30,35)(H,33,34)/b17-12+. The van der Waals surface area contributed by atoms with E-state index in [0.29, 0.717) is 23.8 Å². The maximum atomic E-state index is 12.5. The van der Waals surface area contributed by atoms with Gasteiger partial charge >= 0.3 is 12.1 Å². The highest BCUT2D eigenvalue weighted by Crippen LogP contribution is 2.27. The molecule has 2 atom stereocenters. The van der Waals surface area contributed by atoms with Gasteiger partial charge in [-0.15, -0.1) is 0 Å². The van der Waals surface area contributed by atoms with Crippen LogP contribution >= 0.6 is 0 Å². The fraction of sp³-hybridized carbons (Fsp3) is 0.321. The van der Waals surface area contributed by atoms with Crippen LogP contribution < -0.4 is 10.6 Å². The number of hydrogen-bond acceptors (Lipinski definition) is 5. The number of carbonyl (C=O) groups excluding carboxylic acids is 2. The second-order valence-electron chi connectivity index (χ2n) is 9.00. The van der Waals surface area contributed by atoms with Crippen molar-refractivity contribution in [2.24, 2.45) is 0 Å². The maximum absolute atomic E-state index is 12.5. The Hall–Kier alpha value is -3.91. The Morgan fingerprint density at radius 1 is 1.14 bits per heavy atom. The molecule has 0 spiro atoms. The minimum absolute atomic E-state index is 0.249. The van der Waals surface area contributed by atoms with Crippen LogP contribution in [0.25, 0.3) is 6.08 Å². The van der Waals surface area contributed by atoms with Gasteiger partial charge in [0.15, 0.2) is 0 Å². The molecule has 2 unspecified atom stereocenters. The van der Waals surface area contributed by atoms with E-state index in [1.54, 1.807) is 61.5 Å². The number of aliphatic carboxylic acids is 1. The van der Waals surface area contributed by atoms with Crippen LogP contribution in [-0.4, -0.2) is 47.6 Å². The van der Waals surface area contributed by atoms with E-state index in [9.17, 15) is 19.5 Å². The van der Waals surface area contributed by atoms with Crippen LogP contribution in [0.5, 0.6) is 0 Å². The number of amides is 2. The number of anilines is 2. The molecule has 1 saturated heterocycles. The van der Waals surface area contributed by atoms with Crippen LogP contribution in [0.3, 0.4) is 0 Å². The third kappa shape index (κ3) is 7.81. The Morgan fingerprint density at radius 3 is 2.39 bits per heavy atom. The Labute approximate surface area is 211 Å². The van der Waals surface area contributed by atoms with Crippen molar-refractivity contribution in [2.45, 2.75) is 44.6 Å². The third-order valence-electron chi connectivity index (χ3n) is 6.21. The first-order valence-electron chi connectivity index (χ1n) is 12.0. The molecule has 1 heterocycles. The van der Waals surface area contributed by atoms with Gasteiger partial charge in [-0.3, -0.25) is 14.9 Å². The maximum Gasteiger partial charge on any atom is 0.416 e. The van der Waals surface area contributed by atoms with Crippen LogP contribution in [0.4, 0.5) is 16.2 Å². The molecule has 1 aliphatic heterocycles. The highest BCUT2D eigenvalue weighted by atomic mass is 16.6. The fourth-order valence-electron chi connectivity index (χ4n) is 4.32. The molecule has 2 aromatic carbocycles. The van der Waals surface area contributed by atoms with Gasteiger partial charge in [-0.05, 0) is 75.5 Å². The van der Waals surface area contributed by atoms with Crippen molar-refractivity contribution < 1.29 is 24.2 Å². The van der Waals surface area contributed by atoms with E-state index in [-0.39, 0.29) is 11.7 Å². The minimum Gasteiger partial charge on any atom is -0.481 e. The molecule has 1 fully saturated rings. The lowest BCUT2D eigenvalue weighted by atomic mass is 9.91. The predicted molar refractivity (Wildman–Crippen MR) is 141 cm³/mol. The Bertz CT molecular complexity index is 1130. The zero-order valence-corrected chi connectivity index (χ0v) is 20.7. The molecule has 0 saturated carbocycles. The number of allylic oxidation sites excluding steroid dienone is 1. The monoisotopic (exact) mass is 491 g/mol. The van der Waals surface area contributed by atoms with E-state index in [1.807, 2.05) is 0 Å². The summed E-state index contributed by atoms with van der Waals surface area (Å²) in [6, 6.07) is 14.4. The van der Waals surface area contributed by atoms with E-state index >= 15 is 0 Å². The molecule has 190 valence electrons. The number of ether oxygens (including phenoxy) is 1. The normalized spacial score (nSPS) is 16.4. The molecule has 36 heavy (non-hydrogen) atoms. The molecule has 0 bridgehead atoms. The van der Waals surface area contributed by atoms with Gasteiger partial charge in [0, 0.05) is 12.1 Å². The second kappa shape index (κ2) is 12.7. The SMILES string of the molecule is C=C(C)OC(=O)Nc1ccccc1NC(=O)/C=C/c1ccc(C(CCC2CCCN2C)C(=O)O)cc1. The lowest BCUT2D eigenvalue weighted by Crippen LogP contribution is -2.26. The highest BCUT2D eigenvalue weighted by Gasteiger charge is 2.25. The Balaban J connectivity index is 1.59. The van der Waals surface area contributed by atoms with Crippen molar-refractivity contribution in [3.63, 3.8) is 0 Å². The first-order valence-corrected chi connectivity index (χ1v) is 12.0. The van der Waals surface area contributed by atoms with Crippen molar-refractivity contribution in [1.29, 1.82) is 0 Å². The second-order valence-corrected chi connectivity index (χ2v) is 9.00. The number of hydrogen-bond donors (Lipinski definition) is 3. The fourth-order valence-corrected chi connectivity index (χ4v) is 4.32. The summed E-state index contributed by atoms with van der Waals surface area (Å²) in [5.41, 5.74) is 2.33. The largest absolute Gasteiger partial charge is 0.481 e. The van der Waals surface area contributed by atoms with Gasteiger partial charge in [-0.1, -0.05) is 43.0 Å². The van der Waals surface area contributed by atoms with Crippen LogP contribution in [0, 0.1) is 0 Å². The number of rotatable bonds is 10. The van der Waals surface area contributed by atoms with Gasteiger partial charge in [0.1, 0.15) is 0 Å². The zero-order chi connectivity index (χ0) is 26.1. The highest BCUT2D eigenvalue weighted by molar-refractivity contribution is 6.05. The average molecular weight is 492 g/mol. The van der Waals surface area contributed by atoms with Crippen molar-refractivity contribution in [3.05, 3.63) is 78.1 Å². The van der Waals surface area contributed by atoms with Crippen LogP contribution in [0.15, 0.2) is 66.9 Å². The summed E-state index contributed by atoms with van der Waals surface area (Å²) in [5.74, 6) is -1.51. The summed E-state index contributed by atoms with van der Waals surface area (Å²) < 4.78 is 4.90. The first-order chi connectivity index (χ1) is 17.2. The Morgan fingerprint density at radius 2 is 1.81 bits per heavy atom. The lowest BCUT2D eigenvalue weighted by Gasteiger charge is -2.21. The first kappa shape index (κ1) is 26.7. The average Bonchev–Trinajstić information content (AvgIpc) is 3.24. The molecule has 3 rings (SSSR count). The minimum atomic E-state index is -0.822. The number of carboxylic acids is 1. The quantitative estimate of drug-likeness (QED) is 0.301. The predicted octanol–water partition coefficient (Wildman–Crippen LogP) is 5.46. The number of para-hydroxylation sites is 2. The van der Waals surface area contributed by atoms with Gasteiger partial charge in [0.25, 0.3) is 0 Å². The molecule has 0 aromatic heterocycles. The summed E-state index contributed by atoms with van der Waals surface area (Å²) in [6.07, 6.45) is 6.06. The molecule has 8 heteroatoms. The van der Waals surface area contributed by atoms with Gasteiger partial charge in [0.2, 0.25) is 5.91 Å². The number of benzene rings is 2. The van der Waals surface area contributed by atoms with Crippen molar-refractivity contribution in [2.75, 3.05) is 24.2 Å². The van der Waals surface area contributed by atoms with Gasteiger partial charge in [0.05, 0.1) is 23.1 Å². The van der Waals surface area contributed by atoms with Crippen molar-refractivity contribution in [3.8, 4) is 0 Å². The molecule has 2 aromatic rings. The van der Waals surface area contributed by atoms with Crippen molar-refractivity contribution in [1.82, 2.24) is 4.90 Å². The molecule has 2 amide bonds. The molecule has 8 nitrogen and oxygen atoms in total. The van der Waals surface area contributed by atoms with Crippen LogP contribution in [-0.2, 0) is 14.3 Å². The molecule has 1 aliphatic rings. The molecule has 0 aliphatic carbocycles. The van der Waals surface area contributed by atoms with Crippen molar-refractivity contribution >= 4 is 35.4 Å². The summed E-state index contributed by atoms with van der Waals surface area (Å²) in [6.45, 7) is 6.15. The lowest BCUT2D eigenvalue weighted by molar-refractivity contribution is -0.139. The summed E-state index contributed by atoms with van der Waals surface area (Å²) in [5, 5.41) is 15.0. The van der Waals surface area contributed by atoms with E-state index < -0.39 is 18.0 Å². The molecule has 0 radical (unpaired) electrons. The van der Waals surface area contributed by atoms with E-state index in [4.69, 9.17) is 4.74 Å². The number of nitrogens with zero attached hydrogens (tertiary/aromatic N) is 1. The Kier molecular flexibility index (Phi) is 9.41. The van der Waals surface area contributed by atoms with Gasteiger partial charge in [-0.25, -0.2) is 4.79 Å². The number of carbonyl (C=O) groups is 3. The summed E-state index contributed by atoms with van der Waals surface area (Å²) >= 11 is 0. The summed E-state index contributed by atoms with van der Waals surface area (Å²) in [7, 11) is 2.09. The smallest absolute Gasteiger partial charge is 0.416 e. The molecule has 3 N–H and O–H groups in total.